The van der Waals surface area contributed by atoms with E-state index >= 15 is 0 Å². The summed E-state index contributed by atoms with van der Waals surface area (Å²) < 4.78 is 0. The number of rotatable bonds is 4. The molecule has 24 heavy (non-hydrogen) atoms. The van der Waals surface area contributed by atoms with Crippen molar-refractivity contribution in [3.8, 4) is 17.3 Å². The Labute approximate surface area is 153 Å². The first-order chi connectivity index (χ1) is 11.7. The van der Waals surface area contributed by atoms with E-state index in [4.69, 9.17) is 23.2 Å². The van der Waals surface area contributed by atoms with Crippen LogP contribution in [0.1, 0.15) is 5.01 Å². The quantitative estimate of drug-likeness (QED) is 0.564. The molecule has 0 aliphatic heterocycles. The number of hydrogen-bond donors (Lipinski definition) is 1. The molecule has 3 nitrogen and oxygen atoms in total. The molecule has 0 bridgehead atoms. The van der Waals surface area contributed by atoms with Crippen molar-refractivity contribution in [2.24, 2.45) is 0 Å². The SMILES string of the molecule is N#C/C(=C\Nc1ccccc1Cl)c1nc(-c2ccc(Cl)cc2)cs1. The lowest BCUT2D eigenvalue weighted by atomic mass is 10.2. The van der Waals surface area contributed by atoms with Gasteiger partial charge < -0.3 is 5.32 Å². The second kappa shape index (κ2) is 7.50. The molecule has 3 aromatic rings. The largest absolute Gasteiger partial charge is 0.359 e. The summed E-state index contributed by atoms with van der Waals surface area (Å²) in [5.74, 6) is 0. The Morgan fingerprint density at radius 3 is 2.58 bits per heavy atom. The maximum Gasteiger partial charge on any atom is 0.136 e. The van der Waals surface area contributed by atoms with Crippen LogP contribution < -0.4 is 5.32 Å². The standard InChI is InChI=1S/C18H11Cl2N3S/c19-14-7-5-12(6-8-14)17-11-24-18(23-17)13(9-21)10-22-16-4-2-1-3-15(16)20/h1-8,10-11,22H/b13-10+. The van der Waals surface area contributed by atoms with Gasteiger partial charge in [0.2, 0.25) is 0 Å². The first-order valence-corrected chi connectivity index (χ1v) is 8.64. The van der Waals surface area contributed by atoms with Crippen molar-refractivity contribution >= 4 is 45.8 Å². The maximum absolute atomic E-state index is 9.40. The number of allylic oxidation sites excluding steroid dienone is 1. The van der Waals surface area contributed by atoms with E-state index < -0.39 is 0 Å². The minimum Gasteiger partial charge on any atom is -0.359 e. The zero-order valence-electron chi connectivity index (χ0n) is 12.3. The Hall–Kier alpha value is -2.32. The number of nitrogens with one attached hydrogen (secondary N) is 1. The Balaban J connectivity index is 1.84. The summed E-state index contributed by atoms with van der Waals surface area (Å²) in [7, 11) is 0. The molecular weight excluding hydrogens is 361 g/mol. The van der Waals surface area contributed by atoms with Gasteiger partial charge in [0.1, 0.15) is 16.6 Å². The number of para-hydroxylation sites is 1. The van der Waals surface area contributed by atoms with Gasteiger partial charge in [-0.05, 0) is 24.3 Å². The molecule has 0 amide bonds. The van der Waals surface area contributed by atoms with Gasteiger partial charge in [-0.25, -0.2) is 4.98 Å². The predicted molar refractivity (Wildman–Crippen MR) is 101 cm³/mol. The molecule has 0 atom stereocenters. The molecule has 0 aliphatic rings. The van der Waals surface area contributed by atoms with E-state index in [1.165, 1.54) is 11.3 Å². The van der Waals surface area contributed by atoms with Crippen LogP contribution in [-0.4, -0.2) is 4.98 Å². The van der Waals surface area contributed by atoms with Crippen molar-refractivity contribution < 1.29 is 0 Å². The van der Waals surface area contributed by atoms with E-state index in [2.05, 4.69) is 16.4 Å². The fourth-order valence-corrected chi connectivity index (χ4v) is 3.13. The Bertz CT molecular complexity index is 924. The summed E-state index contributed by atoms with van der Waals surface area (Å²) in [6.45, 7) is 0. The first kappa shape index (κ1) is 16.5. The molecule has 0 unspecified atom stereocenters. The van der Waals surface area contributed by atoms with E-state index in [-0.39, 0.29) is 0 Å². The molecule has 0 radical (unpaired) electrons. The van der Waals surface area contributed by atoms with Crippen molar-refractivity contribution in [1.82, 2.24) is 4.98 Å². The Kier molecular flexibility index (Phi) is 5.17. The first-order valence-electron chi connectivity index (χ1n) is 7.00. The van der Waals surface area contributed by atoms with Crippen LogP contribution in [0.3, 0.4) is 0 Å². The number of anilines is 1. The van der Waals surface area contributed by atoms with Gasteiger partial charge in [-0.3, -0.25) is 0 Å². The van der Waals surface area contributed by atoms with Gasteiger partial charge in [-0.15, -0.1) is 11.3 Å². The third-order valence-electron chi connectivity index (χ3n) is 3.24. The molecule has 0 spiro atoms. The van der Waals surface area contributed by atoms with Crippen LogP contribution in [0.15, 0.2) is 60.1 Å². The van der Waals surface area contributed by atoms with Gasteiger partial charge in [-0.1, -0.05) is 47.5 Å². The fraction of sp³-hybridized carbons (Fsp3) is 0. The number of halogens is 2. The van der Waals surface area contributed by atoms with Crippen molar-refractivity contribution in [3.63, 3.8) is 0 Å². The number of aromatic nitrogens is 1. The number of benzene rings is 2. The highest BCUT2D eigenvalue weighted by Crippen LogP contribution is 2.27. The Morgan fingerprint density at radius 1 is 1.12 bits per heavy atom. The van der Waals surface area contributed by atoms with Crippen LogP contribution in [0.4, 0.5) is 5.69 Å². The highest BCUT2D eigenvalue weighted by atomic mass is 35.5. The van der Waals surface area contributed by atoms with E-state index in [9.17, 15) is 5.26 Å². The molecule has 1 heterocycles. The molecule has 1 aromatic heterocycles. The zero-order valence-corrected chi connectivity index (χ0v) is 14.7. The average molecular weight is 372 g/mol. The number of nitriles is 1. The number of nitrogens with zero attached hydrogens (tertiary/aromatic N) is 2. The third kappa shape index (κ3) is 3.77. The highest BCUT2D eigenvalue weighted by Gasteiger charge is 2.09. The van der Waals surface area contributed by atoms with Crippen molar-refractivity contribution in [2.75, 3.05) is 5.32 Å². The van der Waals surface area contributed by atoms with Gasteiger partial charge in [0.15, 0.2) is 0 Å². The van der Waals surface area contributed by atoms with Gasteiger partial charge in [-0.2, -0.15) is 5.26 Å². The Morgan fingerprint density at radius 2 is 1.88 bits per heavy atom. The lowest BCUT2D eigenvalue weighted by molar-refractivity contribution is 1.36. The molecule has 0 saturated heterocycles. The van der Waals surface area contributed by atoms with Crippen LogP contribution in [0.2, 0.25) is 10.0 Å². The normalized spacial score (nSPS) is 11.1. The van der Waals surface area contributed by atoms with Gasteiger partial charge in [0.25, 0.3) is 0 Å². The molecule has 0 aliphatic carbocycles. The van der Waals surface area contributed by atoms with Crippen LogP contribution in [0.25, 0.3) is 16.8 Å². The third-order valence-corrected chi connectivity index (χ3v) is 4.70. The second-order valence-corrected chi connectivity index (χ2v) is 6.54. The highest BCUT2D eigenvalue weighted by molar-refractivity contribution is 7.11. The smallest absolute Gasteiger partial charge is 0.136 e. The molecule has 0 fully saturated rings. The van der Waals surface area contributed by atoms with E-state index in [0.29, 0.717) is 20.6 Å². The van der Waals surface area contributed by atoms with Crippen molar-refractivity contribution in [1.29, 1.82) is 5.26 Å². The van der Waals surface area contributed by atoms with E-state index in [1.54, 1.807) is 12.3 Å². The summed E-state index contributed by atoms with van der Waals surface area (Å²) in [4.78, 5) is 4.53. The average Bonchev–Trinajstić information content (AvgIpc) is 3.07. The van der Waals surface area contributed by atoms with Crippen LogP contribution in [0.5, 0.6) is 0 Å². The molecule has 6 heteroatoms. The molecule has 118 valence electrons. The van der Waals surface area contributed by atoms with Crippen LogP contribution in [0, 0.1) is 11.3 Å². The summed E-state index contributed by atoms with van der Waals surface area (Å²) in [6, 6.07) is 16.9. The summed E-state index contributed by atoms with van der Waals surface area (Å²) in [5, 5.41) is 16.3. The number of thiazole rings is 1. The fourth-order valence-electron chi connectivity index (χ4n) is 2.02. The lowest BCUT2D eigenvalue weighted by Crippen LogP contribution is -1.91. The van der Waals surface area contributed by atoms with Gasteiger partial charge >= 0.3 is 0 Å². The maximum atomic E-state index is 9.40. The summed E-state index contributed by atoms with van der Waals surface area (Å²) >= 11 is 13.4. The molecule has 1 N–H and O–H groups in total. The van der Waals surface area contributed by atoms with Crippen molar-refractivity contribution in [2.45, 2.75) is 0 Å². The number of hydrogen-bond acceptors (Lipinski definition) is 4. The second-order valence-electron chi connectivity index (χ2n) is 4.84. The monoisotopic (exact) mass is 371 g/mol. The van der Waals surface area contributed by atoms with Crippen LogP contribution >= 0.6 is 34.5 Å². The predicted octanol–water partition coefficient (Wildman–Crippen LogP) is 6.09. The summed E-state index contributed by atoms with van der Waals surface area (Å²) in [6.07, 6.45) is 1.62. The molecule has 0 saturated carbocycles. The minimum absolute atomic E-state index is 0.445. The summed E-state index contributed by atoms with van der Waals surface area (Å²) in [5.41, 5.74) is 2.95. The van der Waals surface area contributed by atoms with E-state index in [0.717, 1.165) is 16.9 Å². The van der Waals surface area contributed by atoms with Gasteiger partial charge in [0.05, 0.1) is 16.4 Å². The molecular formula is C18H11Cl2N3S. The lowest BCUT2D eigenvalue weighted by Gasteiger charge is -2.03. The van der Waals surface area contributed by atoms with E-state index in [1.807, 2.05) is 47.8 Å². The topological polar surface area (TPSA) is 48.7 Å². The molecule has 2 aromatic carbocycles. The van der Waals surface area contributed by atoms with Gasteiger partial charge in [0, 0.05) is 22.2 Å². The minimum atomic E-state index is 0.445. The van der Waals surface area contributed by atoms with Crippen molar-refractivity contribution in [3.05, 3.63) is 75.2 Å². The molecule has 3 rings (SSSR count). The zero-order chi connectivity index (χ0) is 16.9. The van der Waals surface area contributed by atoms with Crippen LogP contribution in [-0.2, 0) is 0 Å².